The van der Waals surface area contributed by atoms with Crippen LogP contribution in [0.5, 0.6) is 0 Å². The van der Waals surface area contributed by atoms with Crippen molar-refractivity contribution in [2.75, 3.05) is 0 Å². The summed E-state index contributed by atoms with van der Waals surface area (Å²) in [6, 6.07) is 9.59. The predicted molar refractivity (Wildman–Crippen MR) is 80.6 cm³/mol. The maximum absolute atomic E-state index is 12.3. The number of hydrogen-bond acceptors (Lipinski definition) is 2. The van der Waals surface area contributed by atoms with Gasteiger partial charge >= 0.3 is 6.03 Å². The highest BCUT2D eigenvalue weighted by molar-refractivity contribution is 6.09. The van der Waals surface area contributed by atoms with Crippen molar-refractivity contribution in [3.05, 3.63) is 35.9 Å². The van der Waals surface area contributed by atoms with Crippen LogP contribution in [-0.2, 0) is 11.3 Å². The molecule has 2 heterocycles. The first-order chi connectivity index (χ1) is 10.2. The number of nitrogens with zero attached hydrogens (tertiary/aromatic N) is 2. The van der Waals surface area contributed by atoms with E-state index in [0.29, 0.717) is 6.54 Å². The topological polar surface area (TPSA) is 40.4 Å². The molecule has 2 fully saturated rings. The van der Waals surface area contributed by atoms with Gasteiger partial charge in [-0.15, -0.1) is 0 Å². The number of carbonyl (C=O) groups excluding carboxylic acids is 2. The summed E-state index contributed by atoms with van der Waals surface area (Å²) >= 11 is 0. The number of rotatable bonds is 7. The fourth-order valence-electron chi connectivity index (χ4n) is 3.21. The Hall–Kier alpha value is -1.84. The van der Waals surface area contributed by atoms with E-state index in [1.165, 1.54) is 24.2 Å². The smallest absolute Gasteiger partial charge is 0.304 e. The molecule has 0 aromatic heterocycles. The summed E-state index contributed by atoms with van der Waals surface area (Å²) in [5.41, 5.74) is 1.00. The Morgan fingerprint density at radius 3 is 2.43 bits per heavy atom. The second kappa shape index (κ2) is 5.88. The molecule has 4 heteroatoms. The van der Waals surface area contributed by atoms with Crippen LogP contribution in [0.25, 0.3) is 0 Å². The van der Waals surface area contributed by atoms with Crippen LogP contribution < -0.4 is 0 Å². The zero-order valence-corrected chi connectivity index (χ0v) is 12.5. The van der Waals surface area contributed by atoms with Gasteiger partial charge in [0.05, 0.1) is 12.6 Å². The Kier molecular flexibility index (Phi) is 3.95. The summed E-state index contributed by atoms with van der Waals surface area (Å²) < 4.78 is 0. The summed E-state index contributed by atoms with van der Waals surface area (Å²) in [5, 5.41) is 0. The number of unbranched alkanes of at least 4 members (excludes halogenated alkanes) is 3. The highest BCUT2D eigenvalue weighted by atomic mass is 16.2. The van der Waals surface area contributed by atoms with Gasteiger partial charge in [-0.1, -0.05) is 62.9 Å². The minimum Gasteiger partial charge on any atom is -0.304 e. The van der Waals surface area contributed by atoms with Crippen LogP contribution in [0, 0.1) is 0 Å². The molecule has 3 amide bonds. The number of imide groups is 1. The second-order valence-corrected chi connectivity index (χ2v) is 5.96. The minimum absolute atomic E-state index is 0.00987. The highest BCUT2D eigenvalue weighted by Crippen LogP contribution is 2.41. The predicted octanol–water partition coefficient (Wildman–Crippen LogP) is 3.17. The molecule has 2 aliphatic heterocycles. The molecule has 21 heavy (non-hydrogen) atoms. The van der Waals surface area contributed by atoms with E-state index in [-0.39, 0.29) is 24.0 Å². The number of hydrogen-bond donors (Lipinski definition) is 0. The minimum atomic E-state index is -0.164. The van der Waals surface area contributed by atoms with Gasteiger partial charge < -0.3 is 4.90 Å². The van der Waals surface area contributed by atoms with Crippen molar-refractivity contribution in [1.82, 2.24) is 9.80 Å². The Bertz CT molecular complexity index is 507. The maximum atomic E-state index is 12.3. The van der Waals surface area contributed by atoms with Crippen LogP contribution in [0.4, 0.5) is 4.79 Å². The summed E-state index contributed by atoms with van der Waals surface area (Å²) in [7, 11) is 0. The molecule has 0 bridgehead atoms. The molecular formula is C17H22N2O2. The second-order valence-electron chi connectivity index (χ2n) is 5.96. The van der Waals surface area contributed by atoms with E-state index in [0.717, 1.165) is 18.4 Å². The SMILES string of the molecule is CCCCCCC1C2C(=O)N(Cc3ccccc3)C(=O)N12. The molecule has 112 valence electrons. The molecule has 2 unspecified atom stereocenters. The van der Waals surface area contributed by atoms with Gasteiger partial charge in [0, 0.05) is 0 Å². The lowest BCUT2D eigenvalue weighted by Gasteiger charge is -2.17. The lowest BCUT2D eigenvalue weighted by atomic mass is 10.1. The Morgan fingerprint density at radius 1 is 1.05 bits per heavy atom. The molecule has 2 saturated heterocycles. The van der Waals surface area contributed by atoms with Crippen molar-refractivity contribution in [3.8, 4) is 0 Å². The molecule has 4 nitrogen and oxygen atoms in total. The van der Waals surface area contributed by atoms with E-state index in [1.54, 1.807) is 4.90 Å². The zero-order valence-electron chi connectivity index (χ0n) is 12.5. The van der Waals surface area contributed by atoms with Crippen LogP contribution in [0.1, 0.15) is 44.6 Å². The fraction of sp³-hybridized carbons (Fsp3) is 0.529. The number of benzene rings is 1. The highest BCUT2D eigenvalue weighted by Gasteiger charge is 2.63. The molecule has 0 N–H and O–H groups in total. The molecule has 0 spiro atoms. The third-order valence-electron chi connectivity index (χ3n) is 4.44. The number of fused-ring (bicyclic) bond motifs is 1. The van der Waals surface area contributed by atoms with Crippen LogP contribution in [0.3, 0.4) is 0 Å². The molecule has 1 aromatic rings. The third-order valence-corrected chi connectivity index (χ3v) is 4.44. The van der Waals surface area contributed by atoms with E-state index in [1.807, 2.05) is 30.3 Å². The van der Waals surface area contributed by atoms with Gasteiger partial charge in [-0.3, -0.25) is 9.69 Å². The summed E-state index contributed by atoms with van der Waals surface area (Å²) in [4.78, 5) is 27.8. The Balaban J connectivity index is 1.54. The summed E-state index contributed by atoms with van der Waals surface area (Å²) in [5.74, 6) is -0.00987. The largest absolute Gasteiger partial charge is 0.328 e. The Labute approximate surface area is 125 Å². The van der Waals surface area contributed by atoms with Crippen LogP contribution in [0.15, 0.2) is 30.3 Å². The molecule has 1 aromatic carbocycles. The summed E-state index contributed by atoms with van der Waals surface area (Å²) in [6.45, 7) is 2.58. The first-order valence-corrected chi connectivity index (χ1v) is 7.91. The lowest BCUT2D eigenvalue weighted by Crippen LogP contribution is -2.36. The molecule has 0 aliphatic carbocycles. The summed E-state index contributed by atoms with van der Waals surface area (Å²) in [6.07, 6.45) is 5.73. The molecule has 2 atom stereocenters. The van der Waals surface area contributed by atoms with E-state index >= 15 is 0 Å². The van der Waals surface area contributed by atoms with E-state index in [9.17, 15) is 9.59 Å². The average Bonchev–Trinajstić information content (AvgIpc) is 3.17. The van der Waals surface area contributed by atoms with Gasteiger partial charge in [0.1, 0.15) is 6.04 Å². The standard InChI is InChI=1S/C17H22N2O2/c1-2-3-4-8-11-14-15-16(20)18(17(21)19(14)15)12-13-9-6-5-7-10-13/h5-7,9-10,14-15H,2-4,8,11-12H2,1H3. The van der Waals surface area contributed by atoms with Crippen LogP contribution in [-0.4, -0.2) is 33.8 Å². The number of urea groups is 1. The Morgan fingerprint density at radius 2 is 1.81 bits per heavy atom. The number of carbonyl (C=O) groups is 2. The van der Waals surface area contributed by atoms with E-state index in [2.05, 4.69) is 6.92 Å². The van der Waals surface area contributed by atoms with Gasteiger partial charge in [-0.05, 0) is 12.0 Å². The zero-order chi connectivity index (χ0) is 14.8. The first-order valence-electron chi connectivity index (χ1n) is 7.91. The average molecular weight is 286 g/mol. The van der Waals surface area contributed by atoms with Crippen molar-refractivity contribution >= 4 is 11.9 Å². The van der Waals surface area contributed by atoms with E-state index in [4.69, 9.17) is 0 Å². The maximum Gasteiger partial charge on any atom is 0.328 e. The van der Waals surface area contributed by atoms with Crippen LogP contribution in [0.2, 0.25) is 0 Å². The van der Waals surface area contributed by atoms with Crippen molar-refractivity contribution < 1.29 is 9.59 Å². The molecular weight excluding hydrogens is 264 g/mol. The molecule has 0 saturated carbocycles. The fourth-order valence-corrected chi connectivity index (χ4v) is 3.21. The van der Waals surface area contributed by atoms with Crippen molar-refractivity contribution in [3.63, 3.8) is 0 Å². The monoisotopic (exact) mass is 286 g/mol. The molecule has 0 radical (unpaired) electrons. The van der Waals surface area contributed by atoms with Crippen molar-refractivity contribution in [1.29, 1.82) is 0 Å². The lowest BCUT2D eigenvalue weighted by molar-refractivity contribution is -0.126. The van der Waals surface area contributed by atoms with Gasteiger partial charge in [0.2, 0.25) is 0 Å². The molecule has 3 rings (SSSR count). The van der Waals surface area contributed by atoms with Crippen LogP contribution >= 0.6 is 0 Å². The molecule has 2 aliphatic rings. The third kappa shape index (κ3) is 2.67. The van der Waals surface area contributed by atoms with Gasteiger partial charge in [-0.2, -0.15) is 0 Å². The normalized spacial score (nSPS) is 23.7. The van der Waals surface area contributed by atoms with E-state index < -0.39 is 0 Å². The van der Waals surface area contributed by atoms with Gasteiger partial charge in [-0.25, -0.2) is 4.79 Å². The quantitative estimate of drug-likeness (QED) is 0.439. The van der Waals surface area contributed by atoms with Gasteiger partial charge in [0.15, 0.2) is 0 Å². The van der Waals surface area contributed by atoms with Crippen molar-refractivity contribution in [2.24, 2.45) is 0 Å². The number of amides is 3. The van der Waals surface area contributed by atoms with Crippen molar-refractivity contribution in [2.45, 2.75) is 57.7 Å². The van der Waals surface area contributed by atoms with Gasteiger partial charge in [0.25, 0.3) is 5.91 Å². The first kappa shape index (κ1) is 14.1.